The maximum absolute atomic E-state index is 11.6. The zero-order valence-electron chi connectivity index (χ0n) is 10.1. The summed E-state index contributed by atoms with van der Waals surface area (Å²) in [6.07, 6.45) is 4.43. The molecule has 1 aromatic rings. The van der Waals surface area contributed by atoms with Crippen molar-refractivity contribution in [1.29, 1.82) is 0 Å². The van der Waals surface area contributed by atoms with Crippen LogP contribution >= 0.6 is 0 Å². The molecule has 6 heteroatoms. The molecule has 0 aliphatic carbocycles. The Morgan fingerprint density at radius 3 is 2.88 bits per heavy atom. The highest BCUT2D eigenvalue weighted by Crippen LogP contribution is 1.89. The van der Waals surface area contributed by atoms with Crippen LogP contribution in [0.1, 0.15) is 26.1 Å². The van der Waals surface area contributed by atoms with E-state index in [-0.39, 0.29) is 11.8 Å². The molecule has 1 heterocycles. The lowest BCUT2D eigenvalue weighted by atomic mass is 10.3. The number of amides is 2. The Hall–Kier alpha value is -1.85. The molecule has 0 aliphatic heterocycles. The minimum atomic E-state index is -0.501. The van der Waals surface area contributed by atoms with Crippen LogP contribution in [0.3, 0.4) is 0 Å². The van der Waals surface area contributed by atoms with E-state index in [2.05, 4.69) is 20.6 Å². The molecule has 1 atom stereocenters. The smallest absolute Gasteiger partial charge is 0.242 e. The number of hydrogen-bond acceptors (Lipinski definition) is 3. The molecule has 3 N–H and O–H groups in total. The van der Waals surface area contributed by atoms with Gasteiger partial charge in [0.1, 0.15) is 11.9 Å². The van der Waals surface area contributed by atoms with Crippen molar-refractivity contribution in [2.75, 3.05) is 6.54 Å². The highest BCUT2D eigenvalue weighted by atomic mass is 16.2. The molecule has 0 saturated carbocycles. The van der Waals surface area contributed by atoms with Crippen molar-refractivity contribution in [1.82, 2.24) is 20.6 Å². The minimum absolute atomic E-state index is 0.126. The summed E-state index contributed by atoms with van der Waals surface area (Å²) < 4.78 is 0. The lowest BCUT2D eigenvalue weighted by Gasteiger charge is -2.13. The van der Waals surface area contributed by atoms with Crippen LogP contribution in [0, 0.1) is 0 Å². The summed E-state index contributed by atoms with van der Waals surface area (Å²) in [6, 6.07) is -0.501. The van der Waals surface area contributed by atoms with Crippen molar-refractivity contribution >= 4 is 11.8 Å². The van der Waals surface area contributed by atoms with Crippen LogP contribution in [0.15, 0.2) is 12.4 Å². The normalized spacial score (nSPS) is 11.9. The van der Waals surface area contributed by atoms with Crippen molar-refractivity contribution < 1.29 is 9.59 Å². The second-order valence-corrected chi connectivity index (χ2v) is 3.72. The summed E-state index contributed by atoms with van der Waals surface area (Å²) in [5.41, 5.74) is 0. The second kappa shape index (κ2) is 6.67. The van der Waals surface area contributed by atoms with E-state index in [1.165, 1.54) is 0 Å². The molecule has 2 amide bonds. The first-order chi connectivity index (χ1) is 8.13. The first-order valence-electron chi connectivity index (χ1n) is 5.68. The van der Waals surface area contributed by atoms with Crippen LogP contribution in [-0.4, -0.2) is 34.4 Å². The summed E-state index contributed by atoms with van der Waals surface area (Å²) in [5, 5.41) is 5.34. The molecule has 1 aromatic heterocycles. The topological polar surface area (TPSA) is 86.9 Å². The Bertz CT molecular complexity index is 362. The number of carbonyl (C=O) groups is 2. The molecule has 0 spiro atoms. The van der Waals surface area contributed by atoms with Crippen LogP contribution in [0.5, 0.6) is 0 Å². The van der Waals surface area contributed by atoms with E-state index >= 15 is 0 Å². The van der Waals surface area contributed by atoms with Gasteiger partial charge >= 0.3 is 0 Å². The predicted molar refractivity (Wildman–Crippen MR) is 63.2 cm³/mol. The highest BCUT2D eigenvalue weighted by molar-refractivity contribution is 5.87. The van der Waals surface area contributed by atoms with E-state index in [9.17, 15) is 9.59 Å². The lowest BCUT2D eigenvalue weighted by Crippen LogP contribution is -2.45. The molecular weight excluding hydrogens is 220 g/mol. The first kappa shape index (κ1) is 13.2. The molecule has 0 bridgehead atoms. The van der Waals surface area contributed by atoms with Crippen LogP contribution < -0.4 is 10.6 Å². The van der Waals surface area contributed by atoms with Crippen LogP contribution in [0.2, 0.25) is 0 Å². The maximum atomic E-state index is 11.6. The van der Waals surface area contributed by atoms with Gasteiger partial charge in [0.2, 0.25) is 11.8 Å². The standard InChI is InChI=1S/C11H18N4O2/c1-3-10(16)15-8(2)11(17)14-5-4-9-12-6-7-13-9/h6-8H,3-5H2,1-2H3,(H,12,13)(H,14,17)(H,15,16)/t8-/m1/s1. The number of aromatic amines is 1. The van der Waals surface area contributed by atoms with Gasteiger partial charge in [-0.1, -0.05) is 6.92 Å². The number of nitrogens with one attached hydrogen (secondary N) is 3. The largest absolute Gasteiger partial charge is 0.354 e. The van der Waals surface area contributed by atoms with Gasteiger partial charge in [-0.05, 0) is 6.92 Å². The Morgan fingerprint density at radius 1 is 1.53 bits per heavy atom. The molecular formula is C11H18N4O2. The molecule has 0 saturated heterocycles. The molecule has 0 aliphatic rings. The van der Waals surface area contributed by atoms with E-state index < -0.39 is 6.04 Å². The van der Waals surface area contributed by atoms with Crippen molar-refractivity contribution in [2.45, 2.75) is 32.7 Å². The van der Waals surface area contributed by atoms with Gasteiger partial charge in [-0.2, -0.15) is 0 Å². The molecule has 0 radical (unpaired) electrons. The van der Waals surface area contributed by atoms with Crippen LogP contribution in [0.4, 0.5) is 0 Å². The van der Waals surface area contributed by atoms with E-state index in [0.29, 0.717) is 19.4 Å². The maximum Gasteiger partial charge on any atom is 0.242 e. The third-order valence-corrected chi connectivity index (χ3v) is 2.31. The Labute approximate surface area is 100 Å². The third kappa shape index (κ3) is 4.67. The van der Waals surface area contributed by atoms with Crippen LogP contribution in [-0.2, 0) is 16.0 Å². The Morgan fingerprint density at radius 2 is 2.29 bits per heavy atom. The predicted octanol–water partition coefficient (Wildman–Crippen LogP) is -0.0169. The fourth-order valence-electron chi connectivity index (χ4n) is 1.30. The molecule has 6 nitrogen and oxygen atoms in total. The van der Waals surface area contributed by atoms with Crippen molar-refractivity contribution in [2.24, 2.45) is 0 Å². The Kier molecular flexibility index (Phi) is 5.19. The highest BCUT2D eigenvalue weighted by Gasteiger charge is 2.13. The van der Waals surface area contributed by atoms with E-state index in [4.69, 9.17) is 0 Å². The van der Waals surface area contributed by atoms with Gasteiger partial charge in [-0.15, -0.1) is 0 Å². The van der Waals surface area contributed by atoms with Gasteiger partial charge in [-0.25, -0.2) is 4.98 Å². The van der Waals surface area contributed by atoms with E-state index in [1.807, 2.05) is 0 Å². The summed E-state index contributed by atoms with van der Waals surface area (Å²) in [5.74, 6) is 0.521. The molecule has 94 valence electrons. The quantitative estimate of drug-likeness (QED) is 0.651. The number of hydrogen-bond donors (Lipinski definition) is 3. The molecule has 0 aromatic carbocycles. The van der Waals surface area contributed by atoms with E-state index in [1.54, 1.807) is 26.2 Å². The van der Waals surface area contributed by atoms with Crippen molar-refractivity contribution in [3.8, 4) is 0 Å². The van der Waals surface area contributed by atoms with Gasteiger partial charge < -0.3 is 15.6 Å². The van der Waals surface area contributed by atoms with Gasteiger partial charge in [-0.3, -0.25) is 9.59 Å². The van der Waals surface area contributed by atoms with Gasteiger partial charge in [0, 0.05) is 31.8 Å². The van der Waals surface area contributed by atoms with Gasteiger partial charge in [0.25, 0.3) is 0 Å². The summed E-state index contributed by atoms with van der Waals surface area (Å²) >= 11 is 0. The van der Waals surface area contributed by atoms with E-state index in [0.717, 1.165) is 5.82 Å². The van der Waals surface area contributed by atoms with Gasteiger partial charge in [0.05, 0.1) is 0 Å². The number of nitrogens with zero attached hydrogens (tertiary/aromatic N) is 1. The summed E-state index contributed by atoms with van der Waals surface area (Å²) in [4.78, 5) is 29.6. The zero-order valence-corrected chi connectivity index (χ0v) is 10.1. The van der Waals surface area contributed by atoms with Crippen molar-refractivity contribution in [3.63, 3.8) is 0 Å². The number of aromatic nitrogens is 2. The van der Waals surface area contributed by atoms with Crippen molar-refractivity contribution in [3.05, 3.63) is 18.2 Å². The monoisotopic (exact) mass is 238 g/mol. The molecule has 17 heavy (non-hydrogen) atoms. The Balaban J connectivity index is 2.22. The van der Waals surface area contributed by atoms with Gasteiger partial charge in [0.15, 0.2) is 0 Å². The number of rotatable bonds is 6. The second-order valence-electron chi connectivity index (χ2n) is 3.72. The fraction of sp³-hybridized carbons (Fsp3) is 0.545. The third-order valence-electron chi connectivity index (χ3n) is 2.31. The average molecular weight is 238 g/mol. The zero-order chi connectivity index (χ0) is 12.7. The number of carbonyl (C=O) groups excluding carboxylic acids is 2. The fourth-order valence-corrected chi connectivity index (χ4v) is 1.30. The average Bonchev–Trinajstić information content (AvgIpc) is 2.81. The number of imidazole rings is 1. The first-order valence-corrected chi connectivity index (χ1v) is 5.68. The SMILES string of the molecule is CCC(=O)N[C@H](C)C(=O)NCCc1ncc[nH]1. The molecule has 0 fully saturated rings. The number of H-pyrrole nitrogens is 1. The summed E-state index contributed by atoms with van der Waals surface area (Å²) in [6.45, 7) is 3.91. The lowest BCUT2D eigenvalue weighted by molar-refractivity contribution is -0.128. The summed E-state index contributed by atoms with van der Waals surface area (Å²) in [7, 11) is 0. The molecule has 1 rings (SSSR count). The minimum Gasteiger partial charge on any atom is -0.354 e. The van der Waals surface area contributed by atoms with Crippen LogP contribution in [0.25, 0.3) is 0 Å². The molecule has 0 unspecified atom stereocenters.